The Hall–Kier alpha value is -3.58. The second-order valence-corrected chi connectivity index (χ2v) is 8.22. The van der Waals surface area contributed by atoms with Crippen LogP contribution in [0.2, 0.25) is 0 Å². The van der Waals surface area contributed by atoms with Crippen LogP contribution in [0, 0.1) is 6.92 Å². The van der Waals surface area contributed by atoms with Gasteiger partial charge in [0.1, 0.15) is 5.75 Å². The quantitative estimate of drug-likeness (QED) is 0.409. The van der Waals surface area contributed by atoms with Crippen LogP contribution in [0.4, 0.5) is 11.4 Å². The van der Waals surface area contributed by atoms with Gasteiger partial charge >= 0.3 is 0 Å². The van der Waals surface area contributed by atoms with E-state index in [2.05, 4.69) is 10.0 Å². The molecule has 0 saturated carbocycles. The highest BCUT2D eigenvalue weighted by molar-refractivity contribution is 7.92. The van der Waals surface area contributed by atoms with Gasteiger partial charge in [0, 0.05) is 17.8 Å². The first-order valence-corrected chi connectivity index (χ1v) is 10.7. The van der Waals surface area contributed by atoms with E-state index in [9.17, 15) is 13.2 Å². The zero-order valence-electron chi connectivity index (χ0n) is 16.6. The summed E-state index contributed by atoms with van der Waals surface area (Å²) in [5.41, 5.74) is 2.53. The largest absolute Gasteiger partial charge is 0.497 e. The van der Waals surface area contributed by atoms with Gasteiger partial charge in [0.2, 0.25) is 0 Å². The second-order valence-electron chi connectivity index (χ2n) is 6.53. The molecule has 7 heteroatoms. The fourth-order valence-corrected chi connectivity index (χ4v) is 3.76. The predicted octanol–water partition coefficient (Wildman–Crippen LogP) is 4.61. The molecule has 0 atom stereocenters. The topological polar surface area (TPSA) is 84.5 Å². The Labute approximate surface area is 176 Å². The zero-order chi connectivity index (χ0) is 21.6. The first-order valence-electron chi connectivity index (χ1n) is 9.19. The Bertz CT molecular complexity index is 1150. The number of aryl methyl sites for hydroxylation is 1. The normalized spacial score (nSPS) is 11.3. The van der Waals surface area contributed by atoms with Gasteiger partial charge in [-0.05, 0) is 43.3 Å². The molecule has 154 valence electrons. The van der Waals surface area contributed by atoms with E-state index in [4.69, 9.17) is 4.74 Å². The molecule has 0 aliphatic heterocycles. The summed E-state index contributed by atoms with van der Waals surface area (Å²) in [7, 11) is -2.27. The number of rotatable bonds is 8. The molecule has 0 heterocycles. The Morgan fingerprint density at radius 2 is 1.53 bits per heavy atom. The number of ether oxygens (including phenoxy) is 1. The molecule has 30 heavy (non-hydrogen) atoms. The van der Waals surface area contributed by atoms with Crippen molar-refractivity contribution in [3.63, 3.8) is 0 Å². The number of hydrogen-bond acceptors (Lipinski definition) is 5. The van der Waals surface area contributed by atoms with Crippen molar-refractivity contribution in [2.75, 3.05) is 17.1 Å². The van der Waals surface area contributed by atoms with Gasteiger partial charge in [-0.2, -0.15) is 0 Å². The molecule has 3 rings (SSSR count). The van der Waals surface area contributed by atoms with E-state index in [1.807, 2.05) is 19.1 Å². The number of ketones is 1. The Kier molecular flexibility index (Phi) is 6.54. The first kappa shape index (κ1) is 21.1. The summed E-state index contributed by atoms with van der Waals surface area (Å²) in [6.45, 7) is 1.95. The minimum atomic E-state index is -3.79. The maximum absolute atomic E-state index is 12.7. The average Bonchev–Trinajstić information content (AvgIpc) is 2.75. The zero-order valence-corrected chi connectivity index (χ0v) is 17.4. The number of sulfonamides is 1. The third kappa shape index (κ3) is 5.27. The van der Waals surface area contributed by atoms with Crippen LogP contribution in [-0.4, -0.2) is 21.3 Å². The van der Waals surface area contributed by atoms with E-state index in [-0.39, 0.29) is 10.7 Å². The third-order valence-corrected chi connectivity index (χ3v) is 5.73. The second kappa shape index (κ2) is 9.28. The molecule has 0 spiro atoms. The number of anilines is 2. The Morgan fingerprint density at radius 1 is 0.900 bits per heavy atom. The van der Waals surface area contributed by atoms with E-state index in [0.717, 1.165) is 5.56 Å². The number of nitrogens with one attached hydrogen (secondary N) is 2. The molecule has 0 bridgehead atoms. The van der Waals surface area contributed by atoms with Crippen LogP contribution in [0.5, 0.6) is 5.75 Å². The molecular formula is C23H22N2O4S. The monoisotopic (exact) mass is 422 g/mol. The number of hydrogen-bond donors (Lipinski definition) is 2. The highest BCUT2D eigenvalue weighted by Crippen LogP contribution is 2.25. The Morgan fingerprint density at radius 3 is 2.17 bits per heavy atom. The maximum Gasteiger partial charge on any atom is 0.261 e. The number of carbonyl (C=O) groups excluding carboxylic acids is 1. The van der Waals surface area contributed by atoms with Gasteiger partial charge in [-0.3, -0.25) is 9.52 Å². The summed E-state index contributed by atoms with van der Waals surface area (Å²) in [4.78, 5) is 12.4. The fourth-order valence-electron chi connectivity index (χ4n) is 2.68. The SMILES string of the molecule is COc1ccc(S(=O)(=O)Nc2ccccc2N/C=C/C(=O)c2ccc(C)cc2)cc1. The molecule has 2 N–H and O–H groups in total. The van der Waals surface area contributed by atoms with Gasteiger partial charge in [-0.15, -0.1) is 0 Å². The molecule has 6 nitrogen and oxygen atoms in total. The summed E-state index contributed by atoms with van der Waals surface area (Å²) >= 11 is 0. The summed E-state index contributed by atoms with van der Waals surface area (Å²) in [6, 6.07) is 20.2. The van der Waals surface area contributed by atoms with E-state index in [1.54, 1.807) is 48.5 Å². The van der Waals surface area contributed by atoms with Crippen molar-refractivity contribution in [2.45, 2.75) is 11.8 Å². The highest BCUT2D eigenvalue weighted by atomic mass is 32.2. The van der Waals surface area contributed by atoms with Crippen molar-refractivity contribution in [2.24, 2.45) is 0 Å². The van der Waals surface area contributed by atoms with Crippen molar-refractivity contribution < 1.29 is 17.9 Å². The molecule has 0 amide bonds. The van der Waals surface area contributed by atoms with Crippen LogP contribution < -0.4 is 14.8 Å². The van der Waals surface area contributed by atoms with E-state index in [1.165, 1.54) is 31.5 Å². The number of methoxy groups -OCH3 is 1. The fraction of sp³-hybridized carbons (Fsp3) is 0.0870. The molecule has 0 fully saturated rings. The summed E-state index contributed by atoms with van der Waals surface area (Å²) < 4.78 is 33.0. The van der Waals surface area contributed by atoms with Crippen LogP contribution in [0.15, 0.2) is 90.0 Å². The lowest BCUT2D eigenvalue weighted by molar-refractivity contribution is 0.104. The molecule has 0 saturated heterocycles. The predicted molar refractivity (Wildman–Crippen MR) is 119 cm³/mol. The van der Waals surface area contributed by atoms with Gasteiger partial charge in [-0.25, -0.2) is 8.42 Å². The summed E-state index contributed by atoms with van der Waals surface area (Å²) in [6.07, 6.45) is 2.89. The van der Waals surface area contributed by atoms with Crippen molar-refractivity contribution in [1.29, 1.82) is 0 Å². The lowest BCUT2D eigenvalue weighted by Crippen LogP contribution is -2.14. The van der Waals surface area contributed by atoms with Gasteiger partial charge in [0.25, 0.3) is 10.0 Å². The minimum absolute atomic E-state index is 0.114. The van der Waals surface area contributed by atoms with E-state index in [0.29, 0.717) is 22.7 Å². The maximum atomic E-state index is 12.7. The van der Waals surface area contributed by atoms with Crippen LogP contribution >= 0.6 is 0 Å². The lowest BCUT2D eigenvalue weighted by Gasteiger charge is -2.12. The number of carbonyl (C=O) groups is 1. The Balaban J connectivity index is 1.73. The van der Waals surface area contributed by atoms with E-state index >= 15 is 0 Å². The molecular weight excluding hydrogens is 400 g/mol. The van der Waals surface area contributed by atoms with Crippen molar-refractivity contribution in [1.82, 2.24) is 0 Å². The van der Waals surface area contributed by atoms with Crippen LogP contribution in [0.1, 0.15) is 15.9 Å². The highest BCUT2D eigenvalue weighted by Gasteiger charge is 2.15. The smallest absolute Gasteiger partial charge is 0.261 e. The van der Waals surface area contributed by atoms with Crippen molar-refractivity contribution in [3.05, 3.63) is 96.2 Å². The van der Waals surface area contributed by atoms with Crippen LogP contribution in [0.3, 0.4) is 0 Å². The molecule has 0 aliphatic carbocycles. The number of allylic oxidation sites excluding steroid dienone is 1. The molecule has 0 unspecified atom stereocenters. The number of benzene rings is 3. The standard InChI is InChI=1S/C23H22N2O4S/c1-17-7-9-18(10-8-17)23(26)15-16-24-21-5-3-4-6-22(21)25-30(27,28)20-13-11-19(29-2)12-14-20/h3-16,24-25H,1-2H3/b16-15+. The summed E-state index contributed by atoms with van der Waals surface area (Å²) in [5, 5.41) is 2.97. The van der Waals surface area contributed by atoms with Crippen LogP contribution in [-0.2, 0) is 10.0 Å². The lowest BCUT2D eigenvalue weighted by atomic mass is 10.1. The van der Waals surface area contributed by atoms with Gasteiger partial charge < -0.3 is 10.1 Å². The molecule has 3 aromatic rings. The average molecular weight is 423 g/mol. The molecule has 0 radical (unpaired) electrons. The molecule has 0 aromatic heterocycles. The number of para-hydroxylation sites is 2. The first-order chi connectivity index (χ1) is 14.4. The van der Waals surface area contributed by atoms with Gasteiger partial charge in [0.15, 0.2) is 5.78 Å². The summed E-state index contributed by atoms with van der Waals surface area (Å²) in [5.74, 6) is 0.415. The molecule has 3 aromatic carbocycles. The molecule has 0 aliphatic rings. The third-order valence-electron chi connectivity index (χ3n) is 4.35. The van der Waals surface area contributed by atoms with E-state index < -0.39 is 10.0 Å². The minimum Gasteiger partial charge on any atom is -0.497 e. The van der Waals surface area contributed by atoms with Gasteiger partial charge in [-0.1, -0.05) is 42.0 Å². The van der Waals surface area contributed by atoms with Crippen molar-refractivity contribution >= 4 is 27.2 Å². The van der Waals surface area contributed by atoms with Crippen LogP contribution in [0.25, 0.3) is 0 Å². The van der Waals surface area contributed by atoms with Crippen molar-refractivity contribution in [3.8, 4) is 5.75 Å². The van der Waals surface area contributed by atoms with Gasteiger partial charge in [0.05, 0.1) is 23.4 Å².